The summed E-state index contributed by atoms with van der Waals surface area (Å²) < 4.78 is 10.4. The Balaban J connectivity index is 1.35. The maximum absolute atomic E-state index is 12.8. The van der Waals surface area contributed by atoms with E-state index in [1.807, 2.05) is 53.7 Å². The van der Waals surface area contributed by atoms with Crippen LogP contribution in [0.15, 0.2) is 47.6 Å². The van der Waals surface area contributed by atoms with Crippen LogP contribution in [0.5, 0.6) is 0 Å². The van der Waals surface area contributed by atoms with Gasteiger partial charge in [-0.05, 0) is 54.3 Å². The molecule has 1 amide bonds. The van der Waals surface area contributed by atoms with Gasteiger partial charge < -0.3 is 14.8 Å². The molecule has 174 valence electrons. The van der Waals surface area contributed by atoms with Crippen LogP contribution in [0.2, 0.25) is 0 Å². The quantitative estimate of drug-likeness (QED) is 0.516. The van der Waals surface area contributed by atoms with Crippen molar-refractivity contribution < 1.29 is 19.1 Å². The number of ether oxygens (including phenoxy) is 2. The molecule has 1 N–H and O–H groups in total. The van der Waals surface area contributed by atoms with Gasteiger partial charge in [-0.25, -0.2) is 0 Å². The molecule has 33 heavy (non-hydrogen) atoms. The molecular formula is C25H30N4O4. The largest absolute Gasteiger partial charge is 0.465 e. The molecular weight excluding hydrogens is 420 g/mol. The van der Waals surface area contributed by atoms with Gasteiger partial charge >= 0.3 is 5.97 Å². The monoisotopic (exact) mass is 450 g/mol. The molecule has 0 aromatic heterocycles. The number of carbonyl (C=O) groups excluding carboxylic acids is 2. The minimum absolute atomic E-state index is 0.157. The Morgan fingerprint density at radius 1 is 1.09 bits per heavy atom. The second-order valence-corrected chi connectivity index (χ2v) is 8.14. The second-order valence-electron chi connectivity index (χ2n) is 8.14. The van der Waals surface area contributed by atoms with Crippen LogP contribution in [0.3, 0.4) is 0 Å². The Bertz CT molecular complexity index is 1000. The third-order valence-corrected chi connectivity index (χ3v) is 5.74. The van der Waals surface area contributed by atoms with Gasteiger partial charge in [0.25, 0.3) is 5.91 Å². The van der Waals surface area contributed by atoms with Gasteiger partial charge in [0.05, 0.1) is 45.7 Å². The van der Waals surface area contributed by atoms with Crippen molar-refractivity contribution in [3.05, 3.63) is 64.7 Å². The first-order valence-electron chi connectivity index (χ1n) is 11.4. The maximum Gasteiger partial charge on any atom is 0.320 e. The fourth-order valence-corrected chi connectivity index (χ4v) is 3.95. The summed E-state index contributed by atoms with van der Waals surface area (Å²) in [6, 6.07) is 13.4. The van der Waals surface area contributed by atoms with Crippen LogP contribution in [-0.4, -0.2) is 74.0 Å². The number of nitrogens with zero attached hydrogens (tertiary/aromatic N) is 3. The number of morpholine rings is 1. The maximum atomic E-state index is 12.8. The van der Waals surface area contributed by atoms with Crippen molar-refractivity contribution in [3.8, 4) is 0 Å². The Kier molecular flexibility index (Phi) is 7.70. The van der Waals surface area contributed by atoms with E-state index in [0.717, 1.165) is 42.9 Å². The van der Waals surface area contributed by atoms with Crippen LogP contribution in [0.4, 0.5) is 5.69 Å². The average Bonchev–Trinajstić information content (AvgIpc) is 2.84. The van der Waals surface area contributed by atoms with Crippen molar-refractivity contribution in [2.75, 3.05) is 51.3 Å². The van der Waals surface area contributed by atoms with Crippen molar-refractivity contribution >= 4 is 23.8 Å². The van der Waals surface area contributed by atoms with Gasteiger partial charge in [0.2, 0.25) is 0 Å². The zero-order valence-corrected chi connectivity index (χ0v) is 19.0. The minimum atomic E-state index is -0.215. The lowest BCUT2D eigenvalue weighted by Gasteiger charge is -2.28. The van der Waals surface area contributed by atoms with E-state index >= 15 is 0 Å². The molecule has 1 fully saturated rings. The van der Waals surface area contributed by atoms with Crippen molar-refractivity contribution in [2.45, 2.75) is 19.9 Å². The Labute approximate surface area is 194 Å². The number of rotatable bonds is 7. The van der Waals surface area contributed by atoms with E-state index in [-0.39, 0.29) is 18.4 Å². The lowest BCUT2D eigenvalue weighted by Crippen LogP contribution is -2.35. The summed E-state index contributed by atoms with van der Waals surface area (Å²) in [5.41, 5.74) is 4.59. The number of esters is 1. The first-order valence-corrected chi connectivity index (χ1v) is 11.4. The molecule has 8 heteroatoms. The Morgan fingerprint density at radius 2 is 1.88 bits per heavy atom. The fourth-order valence-electron chi connectivity index (χ4n) is 3.95. The number of hydrogen-bond donors (Lipinski definition) is 1. The van der Waals surface area contributed by atoms with Crippen LogP contribution >= 0.6 is 0 Å². The molecule has 2 aliphatic rings. The third-order valence-electron chi connectivity index (χ3n) is 5.74. The summed E-state index contributed by atoms with van der Waals surface area (Å²) in [4.78, 5) is 26.7. The standard InChI is InChI=1S/C25H30N4O4/c1-2-33-24(30)18-28-10-9-20-5-6-21(15-22(20)17-28)25(31)27-23-7-3-19(4-8-23)16-26-29-11-13-32-14-12-29/h3-8,15-16H,2,9-14,17-18H2,1H3,(H,27,31). The van der Waals surface area contributed by atoms with Crippen molar-refractivity contribution in [1.29, 1.82) is 0 Å². The van der Waals surface area contributed by atoms with E-state index in [9.17, 15) is 9.59 Å². The number of benzene rings is 2. The number of nitrogens with one attached hydrogen (secondary N) is 1. The highest BCUT2D eigenvalue weighted by atomic mass is 16.5. The highest BCUT2D eigenvalue weighted by molar-refractivity contribution is 6.04. The van der Waals surface area contributed by atoms with Gasteiger partial charge in [0.15, 0.2) is 0 Å². The van der Waals surface area contributed by atoms with Crippen molar-refractivity contribution in [2.24, 2.45) is 5.10 Å². The topological polar surface area (TPSA) is 83.5 Å². The van der Waals surface area contributed by atoms with E-state index in [1.165, 1.54) is 5.56 Å². The van der Waals surface area contributed by atoms with Gasteiger partial charge in [-0.1, -0.05) is 18.2 Å². The number of hydrogen-bond acceptors (Lipinski definition) is 7. The number of hydrazone groups is 1. The van der Waals surface area contributed by atoms with E-state index in [4.69, 9.17) is 9.47 Å². The Hall–Kier alpha value is -3.23. The molecule has 0 unspecified atom stereocenters. The predicted molar refractivity (Wildman–Crippen MR) is 126 cm³/mol. The molecule has 0 radical (unpaired) electrons. The molecule has 0 saturated carbocycles. The summed E-state index contributed by atoms with van der Waals surface area (Å²) >= 11 is 0. The lowest BCUT2D eigenvalue weighted by atomic mass is 9.97. The molecule has 8 nitrogen and oxygen atoms in total. The first kappa shape index (κ1) is 22.9. The van der Waals surface area contributed by atoms with Gasteiger partial charge in [0, 0.05) is 24.3 Å². The number of anilines is 1. The normalized spacial score (nSPS) is 16.5. The van der Waals surface area contributed by atoms with Crippen LogP contribution < -0.4 is 5.32 Å². The first-order chi connectivity index (χ1) is 16.1. The third kappa shape index (κ3) is 6.40. The molecule has 0 atom stereocenters. The van der Waals surface area contributed by atoms with Crippen LogP contribution in [0.25, 0.3) is 0 Å². The SMILES string of the molecule is CCOC(=O)CN1CCc2ccc(C(=O)Nc3ccc(C=NN4CCOCC4)cc3)cc2C1. The molecule has 2 aromatic rings. The van der Waals surface area contributed by atoms with Crippen LogP contribution in [0, 0.1) is 0 Å². The van der Waals surface area contributed by atoms with Crippen molar-refractivity contribution in [1.82, 2.24) is 9.91 Å². The highest BCUT2D eigenvalue weighted by Gasteiger charge is 2.20. The van der Waals surface area contributed by atoms with Crippen molar-refractivity contribution in [3.63, 3.8) is 0 Å². The summed E-state index contributed by atoms with van der Waals surface area (Å²) in [5, 5.41) is 9.42. The van der Waals surface area contributed by atoms with E-state index in [0.29, 0.717) is 31.9 Å². The molecule has 2 aliphatic heterocycles. The van der Waals surface area contributed by atoms with Gasteiger partial charge in [-0.3, -0.25) is 19.5 Å². The zero-order valence-electron chi connectivity index (χ0n) is 19.0. The molecule has 2 aromatic carbocycles. The number of amides is 1. The molecule has 0 spiro atoms. The highest BCUT2D eigenvalue weighted by Crippen LogP contribution is 2.21. The second kappa shape index (κ2) is 11.1. The van der Waals surface area contributed by atoms with Gasteiger partial charge in [-0.15, -0.1) is 0 Å². The van der Waals surface area contributed by atoms with E-state index in [1.54, 1.807) is 6.92 Å². The van der Waals surface area contributed by atoms with Crippen LogP contribution in [-0.2, 0) is 27.2 Å². The zero-order chi connectivity index (χ0) is 23.0. The van der Waals surface area contributed by atoms with Gasteiger partial charge in [-0.2, -0.15) is 5.10 Å². The molecule has 2 heterocycles. The predicted octanol–water partition coefficient (Wildman–Crippen LogP) is 2.53. The summed E-state index contributed by atoms with van der Waals surface area (Å²) in [6.07, 6.45) is 2.67. The molecule has 0 aliphatic carbocycles. The molecule has 1 saturated heterocycles. The fraction of sp³-hybridized carbons (Fsp3) is 0.400. The number of carbonyl (C=O) groups is 2. The lowest BCUT2D eigenvalue weighted by molar-refractivity contribution is -0.144. The molecule has 0 bridgehead atoms. The Morgan fingerprint density at radius 3 is 2.64 bits per heavy atom. The number of fused-ring (bicyclic) bond motifs is 1. The molecule has 4 rings (SSSR count). The summed E-state index contributed by atoms with van der Waals surface area (Å²) in [7, 11) is 0. The minimum Gasteiger partial charge on any atom is -0.465 e. The van der Waals surface area contributed by atoms with E-state index < -0.39 is 0 Å². The smallest absolute Gasteiger partial charge is 0.320 e. The summed E-state index contributed by atoms with van der Waals surface area (Å²) in [5.74, 6) is -0.372. The van der Waals surface area contributed by atoms with E-state index in [2.05, 4.69) is 15.3 Å². The average molecular weight is 451 g/mol. The van der Waals surface area contributed by atoms with Gasteiger partial charge in [0.1, 0.15) is 0 Å². The van der Waals surface area contributed by atoms with Crippen LogP contribution in [0.1, 0.15) is 34.0 Å². The summed E-state index contributed by atoms with van der Waals surface area (Å²) in [6.45, 7) is 6.90.